The Morgan fingerprint density at radius 2 is 1.84 bits per heavy atom. The Morgan fingerprint density at radius 1 is 1.12 bits per heavy atom. The van der Waals surface area contributed by atoms with E-state index in [1.807, 2.05) is 42.5 Å². The van der Waals surface area contributed by atoms with Crippen LogP contribution in [0.1, 0.15) is 21.8 Å². The number of aryl methyl sites for hydroxylation is 1. The molecule has 0 aliphatic rings. The number of anilines is 1. The average Bonchev–Trinajstić information content (AvgIpc) is 3.02. The van der Waals surface area contributed by atoms with Crippen molar-refractivity contribution in [3.63, 3.8) is 0 Å². The number of aromatic nitrogens is 1. The lowest BCUT2D eigenvalue weighted by atomic mass is 10.2. The molecule has 1 heterocycles. The summed E-state index contributed by atoms with van der Waals surface area (Å²) >= 11 is 0. The van der Waals surface area contributed by atoms with E-state index < -0.39 is 0 Å². The predicted octanol–water partition coefficient (Wildman–Crippen LogP) is 3.82. The summed E-state index contributed by atoms with van der Waals surface area (Å²) in [7, 11) is 1.55. The Labute approximate surface area is 145 Å². The molecule has 0 spiro atoms. The molecule has 3 aromatic rings. The van der Waals surface area contributed by atoms with Crippen LogP contribution in [0.25, 0.3) is 0 Å². The fourth-order valence-corrected chi connectivity index (χ4v) is 2.34. The van der Waals surface area contributed by atoms with Crippen molar-refractivity contribution in [3.8, 4) is 11.5 Å². The third kappa shape index (κ3) is 3.80. The van der Waals surface area contributed by atoms with Crippen LogP contribution in [-0.2, 0) is 6.61 Å². The average molecular weight is 338 g/mol. The molecule has 1 amide bonds. The van der Waals surface area contributed by atoms with Gasteiger partial charge in [0.05, 0.1) is 18.4 Å². The molecular weight excluding hydrogens is 320 g/mol. The highest BCUT2D eigenvalue weighted by molar-refractivity contribution is 6.04. The molecule has 128 valence electrons. The summed E-state index contributed by atoms with van der Waals surface area (Å²) in [6, 6.07) is 16.5. The third-order valence-electron chi connectivity index (χ3n) is 3.68. The number of rotatable bonds is 6. The summed E-state index contributed by atoms with van der Waals surface area (Å²) in [5.41, 5.74) is 1.36. The zero-order valence-electron chi connectivity index (χ0n) is 14.0. The molecule has 3 rings (SSSR count). The van der Waals surface area contributed by atoms with Crippen LogP contribution in [0.5, 0.6) is 11.5 Å². The first-order valence-corrected chi connectivity index (χ1v) is 7.76. The number of amides is 1. The van der Waals surface area contributed by atoms with Crippen LogP contribution in [-0.4, -0.2) is 18.2 Å². The minimum Gasteiger partial charge on any atom is -0.495 e. The highest BCUT2D eigenvalue weighted by Crippen LogP contribution is 2.25. The minimum absolute atomic E-state index is 0.189. The summed E-state index contributed by atoms with van der Waals surface area (Å²) in [4.78, 5) is 12.6. The molecule has 0 saturated heterocycles. The van der Waals surface area contributed by atoms with E-state index in [0.29, 0.717) is 28.5 Å². The molecule has 0 fully saturated rings. The van der Waals surface area contributed by atoms with Crippen LogP contribution < -0.4 is 14.8 Å². The van der Waals surface area contributed by atoms with Crippen molar-refractivity contribution in [3.05, 3.63) is 71.6 Å². The molecular formula is C19H18N2O4. The van der Waals surface area contributed by atoms with Crippen molar-refractivity contribution in [1.29, 1.82) is 0 Å². The Balaban J connectivity index is 1.77. The second-order valence-electron chi connectivity index (χ2n) is 5.32. The number of benzene rings is 2. The van der Waals surface area contributed by atoms with Gasteiger partial charge in [-0.2, -0.15) is 0 Å². The van der Waals surface area contributed by atoms with E-state index in [2.05, 4.69) is 10.5 Å². The first-order chi connectivity index (χ1) is 12.2. The van der Waals surface area contributed by atoms with Gasteiger partial charge in [0.15, 0.2) is 5.69 Å². The maximum absolute atomic E-state index is 12.6. The zero-order chi connectivity index (χ0) is 17.6. The van der Waals surface area contributed by atoms with E-state index in [1.165, 1.54) is 0 Å². The topological polar surface area (TPSA) is 73.6 Å². The van der Waals surface area contributed by atoms with Gasteiger partial charge in [-0.3, -0.25) is 4.79 Å². The van der Waals surface area contributed by atoms with Crippen LogP contribution >= 0.6 is 0 Å². The Kier molecular flexibility index (Phi) is 4.99. The summed E-state index contributed by atoms with van der Waals surface area (Å²) in [5.74, 6) is 1.44. The second kappa shape index (κ2) is 7.53. The summed E-state index contributed by atoms with van der Waals surface area (Å²) in [5, 5.41) is 6.66. The van der Waals surface area contributed by atoms with Gasteiger partial charge in [0.1, 0.15) is 23.9 Å². The maximum Gasteiger partial charge on any atom is 0.278 e. The molecule has 0 saturated carbocycles. The van der Waals surface area contributed by atoms with Gasteiger partial charge in [-0.05, 0) is 31.2 Å². The van der Waals surface area contributed by atoms with Crippen LogP contribution in [0.3, 0.4) is 0 Å². The smallest absolute Gasteiger partial charge is 0.278 e. The minimum atomic E-state index is -0.381. The Bertz CT molecular complexity index is 859. The Hall–Kier alpha value is -3.28. The SMILES string of the molecule is COc1ccccc1NC(=O)c1noc(C)c1COc1ccccc1. The van der Waals surface area contributed by atoms with Gasteiger partial charge in [-0.25, -0.2) is 0 Å². The highest BCUT2D eigenvalue weighted by atomic mass is 16.5. The van der Waals surface area contributed by atoms with Gasteiger partial charge in [0.2, 0.25) is 0 Å². The van der Waals surface area contributed by atoms with E-state index in [4.69, 9.17) is 14.0 Å². The number of nitrogens with zero attached hydrogens (tertiary/aromatic N) is 1. The van der Waals surface area contributed by atoms with Crippen molar-refractivity contribution in [2.24, 2.45) is 0 Å². The van der Waals surface area contributed by atoms with Crippen molar-refractivity contribution < 1.29 is 18.8 Å². The van der Waals surface area contributed by atoms with E-state index in [0.717, 1.165) is 0 Å². The van der Waals surface area contributed by atoms with Gasteiger partial charge >= 0.3 is 0 Å². The quantitative estimate of drug-likeness (QED) is 0.739. The lowest BCUT2D eigenvalue weighted by molar-refractivity contribution is 0.101. The molecule has 2 aromatic carbocycles. The van der Waals surface area contributed by atoms with Gasteiger partial charge in [-0.1, -0.05) is 35.5 Å². The van der Waals surface area contributed by atoms with E-state index in [1.54, 1.807) is 26.2 Å². The molecule has 0 unspecified atom stereocenters. The largest absolute Gasteiger partial charge is 0.495 e. The van der Waals surface area contributed by atoms with Crippen molar-refractivity contribution in [2.75, 3.05) is 12.4 Å². The zero-order valence-corrected chi connectivity index (χ0v) is 14.0. The Morgan fingerprint density at radius 3 is 2.60 bits per heavy atom. The molecule has 6 nitrogen and oxygen atoms in total. The van der Waals surface area contributed by atoms with Crippen molar-refractivity contribution >= 4 is 11.6 Å². The van der Waals surface area contributed by atoms with E-state index >= 15 is 0 Å². The first kappa shape index (κ1) is 16.6. The summed E-state index contributed by atoms with van der Waals surface area (Å²) in [6.45, 7) is 1.94. The van der Waals surface area contributed by atoms with E-state index in [-0.39, 0.29) is 18.2 Å². The summed E-state index contributed by atoms with van der Waals surface area (Å²) in [6.07, 6.45) is 0. The van der Waals surface area contributed by atoms with Crippen LogP contribution in [0, 0.1) is 6.92 Å². The van der Waals surface area contributed by atoms with Crippen LogP contribution in [0.15, 0.2) is 59.1 Å². The number of ether oxygens (including phenoxy) is 2. The fourth-order valence-electron chi connectivity index (χ4n) is 2.34. The summed E-state index contributed by atoms with van der Waals surface area (Å²) < 4.78 is 16.1. The molecule has 0 bridgehead atoms. The molecule has 25 heavy (non-hydrogen) atoms. The first-order valence-electron chi connectivity index (χ1n) is 7.76. The maximum atomic E-state index is 12.6. The van der Waals surface area contributed by atoms with Crippen LogP contribution in [0.2, 0.25) is 0 Å². The van der Waals surface area contributed by atoms with Crippen LogP contribution in [0.4, 0.5) is 5.69 Å². The number of carbonyl (C=O) groups is 1. The van der Waals surface area contributed by atoms with Crippen molar-refractivity contribution in [1.82, 2.24) is 5.16 Å². The number of para-hydroxylation sites is 3. The third-order valence-corrected chi connectivity index (χ3v) is 3.68. The predicted molar refractivity (Wildman–Crippen MR) is 93.0 cm³/mol. The number of methoxy groups -OCH3 is 1. The fraction of sp³-hybridized carbons (Fsp3) is 0.158. The molecule has 0 aliphatic heterocycles. The molecule has 0 aliphatic carbocycles. The lowest BCUT2D eigenvalue weighted by Gasteiger charge is -2.10. The standard InChI is InChI=1S/C19H18N2O4/c1-13-15(12-24-14-8-4-3-5-9-14)18(21-25-13)19(22)20-16-10-6-7-11-17(16)23-2/h3-11H,12H2,1-2H3,(H,20,22). The second-order valence-corrected chi connectivity index (χ2v) is 5.32. The number of hydrogen-bond donors (Lipinski definition) is 1. The molecule has 1 N–H and O–H groups in total. The molecule has 1 aromatic heterocycles. The molecule has 6 heteroatoms. The normalized spacial score (nSPS) is 10.3. The van der Waals surface area contributed by atoms with Gasteiger partial charge in [-0.15, -0.1) is 0 Å². The number of hydrogen-bond acceptors (Lipinski definition) is 5. The van der Waals surface area contributed by atoms with Gasteiger partial charge < -0.3 is 19.3 Å². The number of carbonyl (C=O) groups excluding carboxylic acids is 1. The van der Waals surface area contributed by atoms with E-state index in [9.17, 15) is 4.79 Å². The number of nitrogens with one attached hydrogen (secondary N) is 1. The lowest BCUT2D eigenvalue weighted by Crippen LogP contribution is -2.16. The molecule has 0 radical (unpaired) electrons. The van der Waals surface area contributed by atoms with Crippen molar-refractivity contribution in [2.45, 2.75) is 13.5 Å². The van der Waals surface area contributed by atoms with Gasteiger partial charge in [0, 0.05) is 0 Å². The molecule has 0 atom stereocenters. The van der Waals surface area contributed by atoms with Gasteiger partial charge in [0.25, 0.3) is 5.91 Å². The highest BCUT2D eigenvalue weighted by Gasteiger charge is 2.21. The monoisotopic (exact) mass is 338 g/mol.